The maximum Gasteiger partial charge on any atom is 0.219 e. The molecule has 3 heteroatoms. The van der Waals surface area contributed by atoms with Gasteiger partial charge in [0.25, 0.3) is 0 Å². The van der Waals surface area contributed by atoms with Gasteiger partial charge in [-0.15, -0.1) is 0 Å². The van der Waals surface area contributed by atoms with Crippen molar-refractivity contribution in [3.63, 3.8) is 0 Å². The van der Waals surface area contributed by atoms with Crippen molar-refractivity contribution in [1.29, 1.82) is 0 Å². The van der Waals surface area contributed by atoms with Gasteiger partial charge in [-0.25, -0.2) is 0 Å². The Balaban J connectivity index is 1.74. The van der Waals surface area contributed by atoms with E-state index in [1.807, 2.05) is 23.1 Å². The number of rotatable bonds is 7. The van der Waals surface area contributed by atoms with Crippen molar-refractivity contribution in [1.82, 2.24) is 4.90 Å². The van der Waals surface area contributed by atoms with Gasteiger partial charge in [-0.1, -0.05) is 60.7 Å². The Morgan fingerprint density at radius 2 is 1.75 bits per heavy atom. The maximum absolute atomic E-state index is 12.3. The second-order valence-electron chi connectivity index (χ2n) is 8.59. The Bertz CT molecular complexity index is 742. The lowest BCUT2D eigenvalue weighted by molar-refractivity contribution is -0.129. The summed E-state index contributed by atoms with van der Waals surface area (Å²) in [5, 5.41) is 0. The van der Waals surface area contributed by atoms with E-state index < -0.39 is 0 Å². The summed E-state index contributed by atoms with van der Waals surface area (Å²) in [4.78, 5) is 14.3. The first-order chi connectivity index (χ1) is 13.4. The Kier molecular flexibility index (Phi) is 6.90. The smallest absolute Gasteiger partial charge is 0.219 e. The van der Waals surface area contributed by atoms with Crippen LogP contribution in [0.2, 0.25) is 0 Å². The highest BCUT2D eigenvalue weighted by atomic mass is 16.5. The van der Waals surface area contributed by atoms with E-state index >= 15 is 0 Å². The van der Waals surface area contributed by atoms with Crippen molar-refractivity contribution in [3.05, 3.63) is 71.8 Å². The van der Waals surface area contributed by atoms with Gasteiger partial charge in [-0.2, -0.15) is 0 Å². The molecule has 28 heavy (non-hydrogen) atoms. The molecule has 2 unspecified atom stereocenters. The fourth-order valence-corrected chi connectivity index (χ4v) is 4.44. The van der Waals surface area contributed by atoms with E-state index in [9.17, 15) is 4.79 Å². The highest BCUT2D eigenvalue weighted by molar-refractivity contribution is 5.73. The molecule has 0 bridgehead atoms. The van der Waals surface area contributed by atoms with Crippen LogP contribution in [0.5, 0.6) is 0 Å². The molecule has 2 aromatic carbocycles. The third-order valence-corrected chi connectivity index (χ3v) is 5.90. The number of hydrogen-bond acceptors (Lipinski definition) is 2. The second-order valence-corrected chi connectivity index (χ2v) is 8.59. The molecule has 1 heterocycles. The molecule has 0 aliphatic carbocycles. The summed E-state index contributed by atoms with van der Waals surface area (Å²) >= 11 is 0. The number of ether oxygens (including phenoxy) is 1. The van der Waals surface area contributed by atoms with Crippen molar-refractivity contribution in [3.8, 4) is 0 Å². The molecule has 1 fully saturated rings. The van der Waals surface area contributed by atoms with E-state index in [2.05, 4.69) is 56.3 Å². The summed E-state index contributed by atoms with van der Waals surface area (Å²) in [6.45, 7) is 8.34. The number of benzene rings is 2. The predicted molar refractivity (Wildman–Crippen MR) is 114 cm³/mol. The van der Waals surface area contributed by atoms with Crippen LogP contribution < -0.4 is 0 Å². The fourth-order valence-electron chi connectivity index (χ4n) is 4.44. The molecule has 2 aromatic rings. The van der Waals surface area contributed by atoms with E-state index in [-0.39, 0.29) is 11.5 Å². The molecule has 1 aliphatic heterocycles. The van der Waals surface area contributed by atoms with Gasteiger partial charge in [0, 0.05) is 26.6 Å². The molecule has 1 aliphatic rings. The highest BCUT2D eigenvalue weighted by Crippen LogP contribution is 2.40. The van der Waals surface area contributed by atoms with Crippen LogP contribution in [-0.4, -0.2) is 29.6 Å². The van der Waals surface area contributed by atoms with E-state index in [0.717, 1.165) is 32.4 Å². The zero-order valence-corrected chi connectivity index (χ0v) is 17.4. The largest absolute Gasteiger partial charge is 0.376 e. The predicted octanol–water partition coefficient (Wildman–Crippen LogP) is 5.41. The molecule has 1 saturated heterocycles. The first-order valence-corrected chi connectivity index (χ1v) is 10.4. The van der Waals surface area contributed by atoms with Crippen LogP contribution in [0.15, 0.2) is 60.7 Å². The average molecular weight is 380 g/mol. The number of carbonyl (C=O) groups is 1. The van der Waals surface area contributed by atoms with Gasteiger partial charge in [0.2, 0.25) is 5.91 Å². The van der Waals surface area contributed by atoms with Crippen LogP contribution >= 0.6 is 0 Å². The fraction of sp³-hybridized carbons (Fsp3) is 0.480. The van der Waals surface area contributed by atoms with Crippen LogP contribution in [-0.2, 0) is 16.1 Å². The SMILES string of the molecule is CC(=O)N(CCC(c1ccccc1)C1CCOC(C)(C)C1)Cc1ccccc1. The minimum Gasteiger partial charge on any atom is -0.376 e. The Morgan fingerprint density at radius 1 is 1.11 bits per heavy atom. The summed E-state index contributed by atoms with van der Waals surface area (Å²) in [6, 6.07) is 21.1. The van der Waals surface area contributed by atoms with E-state index in [1.54, 1.807) is 6.92 Å². The summed E-state index contributed by atoms with van der Waals surface area (Å²) in [5.41, 5.74) is 2.50. The Hall–Kier alpha value is -2.13. The minimum absolute atomic E-state index is 0.0692. The topological polar surface area (TPSA) is 29.5 Å². The van der Waals surface area contributed by atoms with Crippen molar-refractivity contribution in [2.24, 2.45) is 5.92 Å². The van der Waals surface area contributed by atoms with E-state index in [4.69, 9.17) is 4.74 Å². The van der Waals surface area contributed by atoms with Gasteiger partial charge in [0.05, 0.1) is 5.60 Å². The number of amides is 1. The summed E-state index contributed by atoms with van der Waals surface area (Å²) in [5.74, 6) is 1.17. The highest BCUT2D eigenvalue weighted by Gasteiger charge is 2.34. The average Bonchev–Trinajstić information content (AvgIpc) is 2.68. The van der Waals surface area contributed by atoms with E-state index in [1.165, 1.54) is 11.1 Å². The molecule has 2 atom stereocenters. The van der Waals surface area contributed by atoms with Gasteiger partial charge in [0.15, 0.2) is 0 Å². The van der Waals surface area contributed by atoms with Gasteiger partial charge < -0.3 is 9.64 Å². The third-order valence-electron chi connectivity index (χ3n) is 5.90. The van der Waals surface area contributed by atoms with Crippen molar-refractivity contribution in [2.45, 2.75) is 58.1 Å². The van der Waals surface area contributed by atoms with Crippen LogP contribution in [0.4, 0.5) is 0 Å². The lowest BCUT2D eigenvalue weighted by Crippen LogP contribution is -2.37. The van der Waals surface area contributed by atoms with Crippen molar-refractivity contribution >= 4 is 5.91 Å². The molecule has 1 amide bonds. The van der Waals surface area contributed by atoms with Crippen molar-refractivity contribution < 1.29 is 9.53 Å². The van der Waals surface area contributed by atoms with Gasteiger partial charge in [-0.05, 0) is 56.1 Å². The van der Waals surface area contributed by atoms with Gasteiger partial charge in [-0.3, -0.25) is 4.79 Å². The lowest BCUT2D eigenvalue weighted by atomic mass is 9.75. The molecular weight excluding hydrogens is 346 g/mol. The Morgan fingerprint density at radius 3 is 2.36 bits per heavy atom. The zero-order chi connectivity index (χ0) is 20.0. The molecule has 0 spiro atoms. The molecule has 150 valence electrons. The number of hydrogen-bond donors (Lipinski definition) is 0. The molecule has 3 rings (SSSR count). The number of carbonyl (C=O) groups excluding carboxylic acids is 1. The normalized spacial score (nSPS) is 19.8. The third kappa shape index (κ3) is 5.68. The zero-order valence-electron chi connectivity index (χ0n) is 17.4. The van der Waals surface area contributed by atoms with Crippen LogP contribution in [0.25, 0.3) is 0 Å². The minimum atomic E-state index is -0.0692. The Labute approximate surface area is 169 Å². The summed E-state index contributed by atoms with van der Waals surface area (Å²) < 4.78 is 5.96. The molecule has 0 N–H and O–H groups in total. The molecule has 0 radical (unpaired) electrons. The number of nitrogens with zero attached hydrogens (tertiary/aromatic N) is 1. The quantitative estimate of drug-likeness (QED) is 0.643. The summed E-state index contributed by atoms with van der Waals surface area (Å²) in [7, 11) is 0. The molecule has 0 aromatic heterocycles. The molecule has 0 saturated carbocycles. The first-order valence-electron chi connectivity index (χ1n) is 10.4. The van der Waals surface area contributed by atoms with Crippen molar-refractivity contribution in [2.75, 3.05) is 13.2 Å². The van der Waals surface area contributed by atoms with Crippen LogP contribution in [0.1, 0.15) is 57.1 Å². The second kappa shape index (κ2) is 9.38. The van der Waals surface area contributed by atoms with Crippen LogP contribution in [0.3, 0.4) is 0 Å². The monoisotopic (exact) mass is 379 g/mol. The van der Waals surface area contributed by atoms with Gasteiger partial charge >= 0.3 is 0 Å². The van der Waals surface area contributed by atoms with Gasteiger partial charge in [0.1, 0.15) is 0 Å². The summed E-state index contributed by atoms with van der Waals surface area (Å²) in [6.07, 6.45) is 3.13. The molecule has 3 nitrogen and oxygen atoms in total. The maximum atomic E-state index is 12.3. The lowest BCUT2D eigenvalue weighted by Gasteiger charge is -2.40. The first kappa shape index (κ1) is 20.6. The molecular formula is C25H33NO2. The standard InChI is InChI=1S/C25H33NO2/c1-20(27)26(19-21-10-6-4-7-11-21)16-14-24(22-12-8-5-9-13-22)23-15-17-28-25(2,3)18-23/h4-13,23-24H,14-19H2,1-3H3. The van der Waals surface area contributed by atoms with Crippen LogP contribution in [0, 0.1) is 5.92 Å². The van der Waals surface area contributed by atoms with E-state index in [0.29, 0.717) is 18.4 Å².